The average molecular weight is 667 g/mol. The molecule has 4 rings (SSSR count). The van der Waals surface area contributed by atoms with Gasteiger partial charge >= 0.3 is 18.1 Å². The number of aryl methyl sites for hydroxylation is 1. The van der Waals surface area contributed by atoms with Crippen molar-refractivity contribution in [2.24, 2.45) is 0 Å². The smallest absolute Gasteiger partial charge is 0.490 e. The van der Waals surface area contributed by atoms with Gasteiger partial charge in [0, 0.05) is 18.7 Å². The summed E-state index contributed by atoms with van der Waals surface area (Å²) in [6.45, 7) is -1.01. The third-order valence-corrected chi connectivity index (χ3v) is 7.42. The normalized spacial score (nSPS) is 15.3. The number of rotatable bonds is 15. The van der Waals surface area contributed by atoms with Crippen LogP contribution in [0.25, 0.3) is 0 Å². The van der Waals surface area contributed by atoms with Crippen molar-refractivity contribution in [2.75, 3.05) is 30.7 Å². The summed E-state index contributed by atoms with van der Waals surface area (Å²) < 4.78 is 87.0. The number of aliphatic carboxylic acids is 1. The number of fused-ring (bicyclic) bond motifs is 1. The zero-order valence-electron chi connectivity index (χ0n) is 24.7. The lowest BCUT2D eigenvalue weighted by Gasteiger charge is -2.28. The lowest BCUT2D eigenvalue weighted by Crippen LogP contribution is -2.44. The second-order valence-electron chi connectivity index (χ2n) is 10.6. The Balaban J connectivity index is 1.43. The molecule has 11 nitrogen and oxygen atoms in total. The van der Waals surface area contributed by atoms with E-state index in [1.165, 1.54) is 18.2 Å². The van der Waals surface area contributed by atoms with Gasteiger partial charge in [-0.3, -0.25) is 4.72 Å². The minimum absolute atomic E-state index is 0.0467. The van der Waals surface area contributed by atoms with Gasteiger partial charge in [-0.05, 0) is 60.2 Å². The molecule has 0 saturated carbocycles. The van der Waals surface area contributed by atoms with Crippen LogP contribution in [0.1, 0.15) is 23.1 Å². The number of hydrogen-bond acceptors (Lipinski definition) is 9. The van der Waals surface area contributed by atoms with Crippen LogP contribution in [-0.2, 0) is 43.8 Å². The van der Waals surface area contributed by atoms with Crippen molar-refractivity contribution in [3.8, 4) is 17.2 Å². The molecule has 0 aromatic heterocycles. The quantitative estimate of drug-likeness (QED) is 0.203. The summed E-state index contributed by atoms with van der Waals surface area (Å²) in [7, 11) is -3.74. The summed E-state index contributed by atoms with van der Waals surface area (Å²) in [5, 5.41) is 12.0. The first-order valence-electron chi connectivity index (χ1n) is 14.1. The molecular formula is C31H33F3N2O9S. The number of esters is 1. The molecule has 1 aliphatic carbocycles. The first kappa shape index (κ1) is 34.4. The van der Waals surface area contributed by atoms with Crippen molar-refractivity contribution in [1.29, 1.82) is 0 Å². The fourth-order valence-corrected chi connectivity index (χ4v) is 5.28. The van der Waals surface area contributed by atoms with Crippen LogP contribution in [0, 0.1) is 0 Å². The van der Waals surface area contributed by atoms with Crippen molar-refractivity contribution in [3.05, 3.63) is 83.4 Å². The van der Waals surface area contributed by atoms with E-state index in [0.29, 0.717) is 25.0 Å². The highest BCUT2D eigenvalue weighted by Crippen LogP contribution is 2.31. The topological polar surface area (TPSA) is 149 Å². The van der Waals surface area contributed by atoms with Gasteiger partial charge in [0.25, 0.3) is 0 Å². The largest absolute Gasteiger partial charge is 0.490 e. The predicted molar refractivity (Wildman–Crippen MR) is 161 cm³/mol. The molecular weight excluding hydrogens is 633 g/mol. The van der Waals surface area contributed by atoms with Crippen LogP contribution in [0.5, 0.6) is 17.2 Å². The molecule has 15 heteroatoms. The molecule has 0 spiro atoms. The van der Waals surface area contributed by atoms with Crippen LogP contribution in [0.15, 0.2) is 66.7 Å². The Bertz CT molecular complexity index is 1620. The third kappa shape index (κ3) is 10.8. The molecule has 0 heterocycles. The SMILES string of the molecule is CS(=O)(=O)Nc1cc(OC[C@H](CN[C@H]2CCc3ccc(OCC(=O)O)cc3C2)OC(=O)C(F)(F)F)ccc1OCc1ccccc1. The standard InChI is InChI=1S/C31H33F3N2O9S/c1-46(40,41)36-27-15-25(11-12-28(27)44-17-20-5-3-2-4-6-20)42-18-26(45-30(39)31(32,33)34)16-35-23-9-7-21-8-10-24(14-22(21)13-23)43-19-29(37)38/h2-6,8,10-12,14-15,23,26,35-36H,7,9,13,16-19H2,1H3,(H,37,38)/t23-,26-/m0/s1. The van der Waals surface area contributed by atoms with E-state index in [-0.39, 0.29) is 36.4 Å². The van der Waals surface area contributed by atoms with E-state index in [2.05, 4.69) is 10.0 Å². The summed E-state index contributed by atoms with van der Waals surface area (Å²) in [6, 6.07) is 18.4. The molecule has 0 radical (unpaired) electrons. The van der Waals surface area contributed by atoms with E-state index in [9.17, 15) is 31.2 Å². The van der Waals surface area contributed by atoms with Crippen molar-refractivity contribution in [2.45, 2.75) is 44.2 Å². The maximum Gasteiger partial charge on any atom is 0.490 e. The molecule has 3 aromatic carbocycles. The molecule has 0 fully saturated rings. The number of benzene rings is 3. The Morgan fingerprint density at radius 1 is 0.978 bits per heavy atom. The molecule has 1 aliphatic rings. The Morgan fingerprint density at radius 2 is 1.70 bits per heavy atom. The highest BCUT2D eigenvalue weighted by Gasteiger charge is 2.42. The Morgan fingerprint density at radius 3 is 2.39 bits per heavy atom. The summed E-state index contributed by atoms with van der Waals surface area (Å²) >= 11 is 0. The van der Waals surface area contributed by atoms with Gasteiger partial charge in [0.2, 0.25) is 10.0 Å². The van der Waals surface area contributed by atoms with Gasteiger partial charge in [-0.15, -0.1) is 0 Å². The molecule has 2 atom stereocenters. The number of carboxylic acids is 1. The average Bonchev–Trinajstić information content (AvgIpc) is 2.99. The third-order valence-electron chi connectivity index (χ3n) is 6.83. The number of carboxylic acid groups (broad SMARTS) is 1. The van der Waals surface area contributed by atoms with Gasteiger partial charge in [0.05, 0.1) is 11.9 Å². The summed E-state index contributed by atoms with van der Waals surface area (Å²) in [4.78, 5) is 22.5. The van der Waals surface area contributed by atoms with Gasteiger partial charge in [0.15, 0.2) is 6.61 Å². The summed E-state index contributed by atoms with van der Waals surface area (Å²) in [5.41, 5.74) is 2.82. The molecule has 3 aromatic rings. The van der Waals surface area contributed by atoms with Gasteiger partial charge < -0.3 is 29.4 Å². The number of sulfonamides is 1. The molecule has 248 valence electrons. The second kappa shape index (κ2) is 15.2. The molecule has 46 heavy (non-hydrogen) atoms. The van der Waals surface area contributed by atoms with Gasteiger partial charge in [-0.1, -0.05) is 36.4 Å². The van der Waals surface area contributed by atoms with E-state index >= 15 is 0 Å². The maximum absolute atomic E-state index is 13.1. The highest BCUT2D eigenvalue weighted by atomic mass is 32.2. The van der Waals surface area contributed by atoms with Crippen LogP contribution in [0.2, 0.25) is 0 Å². The number of halogens is 3. The number of carbonyl (C=O) groups is 2. The monoisotopic (exact) mass is 666 g/mol. The highest BCUT2D eigenvalue weighted by molar-refractivity contribution is 7.92. The molecule has 0 aliphatic heterocycles. The van der Waals surface area contributed by atoms with Gasteiger partial charge in [-0.2, -0.15) is 13.2 Å². The minimum Gasteiger partial charge on any atom is -0.490 e. The Labute approximate surface area is 263 Å². The van der Waals surface area contributed by atoms with Crippen molar-refractivity contribution in [1.82, 2.24) is 5.32 Å². The molecule has 0 unspecified atom stereocenters. The van der Waals surface area contributed by atoms with Crippen LogP contribution < -0.4 is 24.2 Å². The number of anilines is 1. The molecule has 0 amide bonds. The number of ether oxygens (including phenoxy) is 4. The molecule has 0 saturated heterocycles. The number of nitrogens with one attached hydrogen (secondary N) is 2. The van der Waals surface area contributed by atoms with Gasteiger partial charge in [-0.25, -0.2) is 18.0 Å². The zero-order valence-corrected chi connectivity index (χ0v) is 25.5. The lowest BCUT2D eigenvalue weighted by molar-refractivity contribution is -0.205. The van der Waals surface area contributed by atoms with Crippen LogP contribution in [-0.4, -0.2) is 69.8 Å². The maximum atomic E-state index is 13.1. The minimum atomic E-state index is -5.22. The van der Waals surface area contributed by atoms with Crippen molar-refractivity contribution in [3.63, 3.8) is 0 Å². The zero-order chi connectivity index (χ0) is 33.3. The van der Waals surface area contributed by atoms with Crippen molar-refractivity contribution < 1.29 is 55.2 Å². The van der Waals surface area contributed by atoms with E-state index < -0.39 is 47.5 Å². The number of carbonyl (C=O) groups excluding carboxylic acids is 1. The number of alkyl halides is 3. The first-order chi connectivity index (χ1) is 21.7. The van der Waals surface area contributed by atoms with E-state index in [4.69, 9.17) is 24.1 Å². The Kier molecular flexibility index (Phi) is 11.4. The predicted octanol–water partition coefficient (Wildman–Crippen LogP) is 4.10. The van der Waals surface area contributed by atoms with E-state index in [0.717, 1.165) is 22.9 Å². The molecule has 0 bridgehead atoms. The van der Waals surface area contributed by atoms with Crippen LogP contribution >= 0.6 is 0 Å². The lowest BCUT2D eigenvalue weighted by atomic mass is 9.88. The second-order valence-corrected chi connectivity index (χ2v) is 12.4. The van der Waals surface area contributed by atoms with Crippen molar-refractivity contribution >= 4 is 27.6 Å². The molecule has 3 N–H and O–H groups in total. The summed E-state index contributed by atoms with van der Waals surface area (Å²) in [6.07, 6.45) is -3.85. The number of hydrogen-bond donors (Lipinski definition) is 3. The van der Waals surface area contributed by atoms with E-state index in [1.807, 2.05) is 36.4 Å². The van der Waals surface area contributed by atoms with Gasteiger partial charge in [0.1, 0.15) is 36.6 Å². The first-order valence-corrected chi connectivity index (χ1v) is 16.0. The van der Waals surface area contributed by atoms with Crippen LogP contribution in [0.4, 0.5) is 18.9 Å². The van der Waals surface area contributed by atoms with Crippen LogP contribution in [0.3, 0.4) is 0 Å². The fourth-order valence-electron chi connectivity index (χ4n) is 4.72. The Hall–Kier alpha value is -4.50. The summed E-state index contributed by atoms with van der Waals surface area (Å²) in [5.74, 6) is -2.83. The van der Waals surface area contributed by atoms with E-state index in [1.54, 1.807) is 12.1 Å². The fraction of sp³-hybridized carbons (Fsp3) is 0.355.